The number of carbonyl (C=O) groups is 1. The Bertz CT molecular complexity index is 149. The van der Waals surface area contributed by atoms with Crippen LogP contribution < -0.4 is 5.32 Å². The predicted octanol–water partition coefficient (Wildman–Crippen LogP) is -0.242. The van der Waals surface area contributed by atoms with E-state index in [0.717, 1.165) is 13.1 Å². The first-order valence-corrected chi connectivity index (χ1v) is 3.87. The second-order valence-electron chi connectivity index (χ2n) is 2.67. The van der Waals surface area contributed by atoms with Crippen LogP contribution in [-0.4, -0.2) is 36.7 Å². The summed E-state index contributed by atoms with van der Waals surface area (Å²) in [5.74, 6) is 0.0107. The highest BCUT2D eigenvalue weighted by Crippen LogP contribution is 2.03. The highest BCUT2D eigenvalue weighted by molar-refractivity contribution is 5.73. The van der Waals surface area contributed by atoms with Crippen molar-refractivity contribution in [2.24, 2.45) is 0 Å². The van der Waals surface area contributed by atoms with Crippen LogP contribution in [-0.2, 0) is 9.63 Å². The fraction of sp³-hybridized carbons (Fsp3) is 0.857. The van der Waals surface area contributed by atoms with Crippen molar-refractivity contribution in [2.45, 2.75) is 19.9 Å². The first-order chi connectivity index (χ1) is 5.22. The molecule has 1 amide bonds. The van der Waals surface area contributed by atoms with Gasteiger partial charge in [0.1, 0.15) is 0 Å². The fourth-order valence-electron chi connectivity index (χ4n) is 1.14. The molecule has 0 radical (unpaired) electrons. The van der Waals surface area contributed by atoms with Crippen LogP contribution in [0.5, 0.6) is 0 Å². The summed E-state index contributed by atoms with van der Waals surface area (Å²) in [5.41, 5.74) is 0. The molecule has 1 heterocycles. The van der Waals surface area contributed by atoms with Gasteiger partial charge in [0, 0.05) is 20.0 Å². The smallest absolute Gasteiger partial charge is 0.217 e. The molecule has 4 heteroatoms. The molecule has 0 bridgehead atoms. The SMILES string of the molecule is CCN1C[C@H](NC(C)=O)CO1. The van der Waals surface area contributed by atoms with E-state index in [9.17, 15) is 4.79 Å². The lowest BCUT2D eigenvalue weighted by Crippen LogP contribution is -2.37. The van der Waals surface area contributed by atoms with E-state index in [1.165, 1.54) is 6.92 Å². The van der Waals surface area contributed by atoms with Crippen molar-refractivity contribution in [3.8, 4) is 0 Å². The molecule has 4 nitrogen and oxygen atoms in total. The normalized spacial score (nSPS) is 25.5. The molecule has 0 aromatic carbocycles. The summed E-state index contributed by atoms with van der Waals surface area (Å²) in [6.07, 6.45) is 0. The van der Waals surface area contributed by atoms with E-state index < -0.39 is 0 Å². The van der Waals surface area contributed by atoms with E-state index in [-0.39, 0.29) is 11.9 Å². The van der Waals surface area contributed by atoms with Crippen molar-refractivity contribution < 1.29 is 9.63 Å². The molecular formula is C7H14N2O2. The molecule has 1 fully saturated rings. The molecule has 0 unspecified atom stereocenters. The van der Waals surface area contributed by atoms with E-state index in [0.29, 0.717) is 6.61 Å². The molecule has 1 atom stereocenters. The van der Waals surface area contributed by atoms with Crippen LogP contribution in [0.3, 0.4) is 0 Å². The summed E-state index contributed by atoms with van der Waals surface area (Å²) in [7, 11) is 0. The van der Waals surface area contributed by atoms with Crippen LogP contribution in [0.2, 0.25) is 0 Å². The Morgan fingerprint density at radius 1 is 1.82 bits per heavy atom. The molecule has 1 aliphatic rings. The number of nitrogens with one attached hydrogen (secondary N) is 1. The molecule has 1 saturated heterocycles. The lowest BCUT2D eigenvalue weighted by Gasteiger charge is -2.10. The third-order valence-electron chi connectivity index (χ3n) is 1.64. The molecule has 1 N–H and O–H groups in total. The first-order valence-electron chi connectivity index (χ1n) is 3.87. The van der Waals surface area contributed by atoms with Crippen LogP contribution in [0.15, 0.2) is 0 Å². The number of hydroxylamine groups is 2. The van der Waals surface area contributed by atoms with Crippen molar-refractivity contribution in [1.82, 2.24) is 10.4 Å². The molecule has 1 aliphatic heterocycles. The Balaban J connectivity index is 2.24. The minimum atomic E-state index is 0.0107. The summed E-state index contributed by atoms with van der Waals surface area (Å²) < 4.78 is 0. The van der Waals surface area contributed by atoms with Gasteiger partial charge in [-0.3, -0.25) is 9.63 Å². The standard InChI is InChI=1S/C7H14N2O2/c1-3-9-4-7(5-11-9)8-6(2)10/h7H,3-5H2,1-2H3,(H,8,10)/t7-/m0/s1. The largest absolute Gasteiger partial charge is 0.350 e. The quantitative estimate of drug-likeness (QED) is 0.603. The van der Waals surface area contributed by atoms with E-state index in [1.807, 2.05) is 12.0 Å². The molecule has 11 heavy (non-hydrogen) atoms. The minimum Gasteiger partial charge on any atom is -0.350 e. The lowest BCUT2D eigenvalue weighted by atomic mass is 10.3. The second-order valence-corrected chi connectivity index (χ2v) is 2.67. The minimum absolute atomic E-state index is 0.0107. The van der Waals surface area contributed by atoms with Crippen LogP contribution in [0.1, 0.15) is 13.8 Å². The average Bonchev–Trinajstić information content (AvgIpc) is 2.34. The Morgan fingerprint density at radius 2 is 2.55 bits per heavy atom. The molecule has 0 aromatic heterocycles. The highest BCUT2D eigenvalue weighted by Gasteiger charge is 2.22. The van der Waals surface area contributed by atoms with Gasteiger partial charge >= 0.3 is 0 Å². The Hall–Kier alpha value is -0.610. The summed E-state index contributed by atoms with van der Waals surface area (Å²) in [4.78, 5) is 15.8. The maximum atomic E-state index is 10.6. The molecule has 0 saturated carbocycles. The fourth-order valence-corrected chi connectivity index (χ4v) is 1.14. The van der Waals surface area contributed by atoms with Gasteiger partial charge < -0.3 is 5.32 Å². The molecule has 0 spiro atoms. The number of likely N-dealkylation sites (N-methyl/N-ethyl adjacent to an activating group) is 1. The monoisotopic (exact) mass is 158 g/mol. The van der Waals surface area contributed by atoms with E-state index >= 15 is 0 Å². The number of nitrogens with zero attached hydrogens (tertiary/aromatic N) is 1. The third-order valence-corrected chi connectivity index (χ3v) is 1.64. The third kappa shape index (κ3) is 2.48. The summed E-state index contributed by atoms with van der Waals surface area (Å²) in [6.45, 7) is 5.82. The molecule has 64 valence electrons. The number of amides is 1. The zero-order valence-electron chi connectivity index (χ0n) is 6.96. The number of rotatable bonds is 2. The summed E-state index contributed by atoms with van der Waals surface area (Å²) in [6, 6.07) is 0.174. The number of carbonyl (C=O) groups excluding carboxylic acids is 1. The summed E-state index contributed by atoms with van der Waals surface area (Å²) >= 11 is 0. The van der Waals surface area contributed by atoms with E-state index in [2.05, 4.69) is 5.32 Å². The van der Waals surface area contributed by atoms with Crippen LogP contribution in [0.25, 0.3) is 0 Å². The molecular weight excluding hydrogens is 144 g/mol. The van der Waals surface area contributed by atoms with Gasteiger partial charge in [0.2, 0.25) is 5.91 Å². The van der Waals surface area contributed by atoms with Gasteiger partial charge in [-0.15, -0.1) is 0 Å². The average molecular weight is 158 g/mol. The van der Waals surface area contributed by atoms with Gasteiger partial charge in [-0.25, -0.2) is 0 Å². The van der Waals surface area contributed by atoms with E-state index in [1.54, 1.807) is 0 Å². The predicted molar refractivity (Wildman–Crippen MR) is 40.8 cm³/mol. The van der Waals surface area contributed by atoms with Crippen molar-refractivity contribution in [3.63, 3.8) is 0 Å². The van der Waals surface area contributed by atoms with Gasteiger partial charge in [0.25, 0.3) is 0 Å². The van der Waals surface area contributed by atoms with Gasteiger partial charge in [0.15, 0.2) is 0 Å². The van der Waals surface area contributed by atoms with Crippen molar-refractivity contribution >= 4 is 5.91 Å². The Morgan fingerprint density at radius 3 is 3.00 bits per heavy atom. The second kappa shape index (κ2) is 3.69. The van der Waals surface area contributed by atoms with Crippen molar-refractivity contribution in [1.29, 1.82) is 0 Å². The lowest BCUT2D eigenvalue weighted by molar-refractivity contribution is -0.119. The topological polar surface area (TPSA) is 41.6 Å². The summed E-state index contributed by atoms with van der Waals surface area (Å²) in [5, 5.41) is 4.65. The Labute approximate surface area is 66.5 Å². The first kappa shape index (κ1) is 8.49. The maximum Gasteiger partial charge on any atom is 0.217 e. The van der Waals surface area contributed by atoms with Crippen molar-refractivity contribution in [2.75, 3.05) is 19.7 Å². The zero-order chi connectivity index (χ0) is 8.27. The molecule has 0 aliphatic carbocycles. The van der Waals surface area contributed by atoms with E-state index in [4.69, 9.17) is 4.84 Å². The highest BCUT2D eigenvalue weighted by atomic mass is 16.7. The van der Waals surface area contributed by atoms with Crippen LogP contribution in [0, 0.1) is 0 Å². The van der Waals surface area contributed by atoms with Crippen LogP contribution >= 0.6 is 0 Å². The van der Waals surface area contributed by atoms with Gasteiger partial charge in [-0.2, -0.15) is 5.06 Å². The van der Waals surface area contributed by atoms with Crippen molar-refractivity contribution in [3.05, 3.63) is 0 Å². The molecule has 0 aromatic rings. The van der Waals surface area contributed by atoms with Crippen LogP contribution in [0.4, 0.5) is 0 Å². The maximum absolute atomic E-state index is 10.6. The number of hydrogen-bond donors (Lipinski definition) is 1. The van der Waals surface area contributed by atoms with Gasteiger partial charge in [-0.1, -0.05) is 6.92 Å². The molecule has 1 rings (SSSR count). The number of hydrogen-bond acceptors (Lipinski definition) is 3. The zero-order valence-corrected chi connectivity index (χ0v) is 6.96. The van der Waals surface area contributed by atoms with Gasteiger partial charge in [0.05, 0.1) is 12.6 Å². The Kier molecular flexibility index (Phi) is 2.84. The van der Waals surface area contributed by atoms with Gasteiger partial charge in [-0.05, 0) is 0 Å².